The fourth-order valence-electron chi connectivity index (χ4n) is 1.79. The summed E-state index contributed by atoms with van der Waals surface area (Å²) in [5.74, 6) is 0. The molecule has 0 saturated heterocycles. The van der Waals surface area contributed by atoms with Gasteiger partial charge >= 0.3 is 0 Å². The zero-order valence-electron chi connectivity index (χ0n) is 10.7. The molecule has 1 aromatic rings. The Balaban J connectivity index is 2.56. The fraction of sp³-hybridized carbons (Fsp3) is 0.538. The van der Waals surface area contributed by atoms with Crippen molar-refractivity contribution in [2.75, 3.05) is 27.2 Å². The van der Waals surface area contributed by atoms with Gasteiger partial charge in [0.15, 0.2) is 0 Å². The van der Waals surface area contributed by atoms with Crippen molar-refractivity contribution < 1.29 is 5.11 Å². The van der Waals surface area contributed by atoms with Crippen LogP contribution in [-0.2, 0) is 0 Å². The molecule has 2 N–H and O–H groups in total. The molecule has 0 radical (unpaired) electrons. The number of hydrogen-bond acceptors (Lipinski definition) is 3. The third kappa shape index (κ3) is 4.64. The molecule has 0 heterocycles. The molecule has 0 bridgehead atoms. The van der Waals surface area contributed by atoms with Gasteiger partial charge in [-0.25, -0.2) is 0 Å². The molecule has 1 rings (SSSR count). The Labute approximate surface area is 108 Å². The molecule has 3 nitrogen and oxygen atoms in total. The normalized spacial score (nSPS) is 14.9. The van der Waals surface area contributed by atoms with Gasteiger partial charge in [0.05, 0.1) is 6.10 Å². The molecule has 96 valence electrons. The van der Waals surface area contributed by atoms with E-state index < -0.39 is 0 Å². The van der Waals surface area contributed by atoms with Crippen LogP contribution in [0.1, 0.15) is 18.5 Å². The van der Waals surface area contributed by atoms with E-state index in [2.05, 4.69) is 17.1 Å². The lowest BCUT2D eigenvalue weighted by Gasteiger charge is -2.27. The summed E-state index contributed by atoms with van der Waals surface area (Å²) >= 11 is 5.86. The first-order valence-electron chi connectivity index (χ1n) is 5.83. The lowest BCUT2D eigenvalue weighted by atomic mass is 10.1. The zero-order chi connectivity index (χ0) is 12.8. The molecule has 2 unspecified atom stereocenters. The third-order valence-electron chi connectivity index (χ3n) is 2.95. The van der Waals surface area contributed by atoms with Crippen molar-refractivity contribution in [1.29, 1.82) is 0 Å². The van der Waals surface area contributed by atoms with Crippen molar-refractivity contribution in [1.82, 2.24) is 10.2 Å². The smallest absolute Gasteiger partial charge is 0.0791 e. The summed E-state index contributed by atoms with van der Waals surface area (Å²) in [4.78, 5) is 2.13. The number of nitrogens with one attached hydrogen (secondary N) is 1. The Bertz CT molecular complexity index is 329. The Morgan fingerprint density at radius 3 is 2.47 bits per heavy atom. The summed E-state index contributed by atoms with van der Waals surface area (Å²) in [6.45, 7) is 3.37. The first-order chi connectivity index (χ1) is 8.04. The van der Waals surface area contributed by atoms with Crippen LogP contribution in [0.3, 0.4) is 0 Å². The van der Waals surface area contributed by atoms with Crippen LogP contribution in [0.5, 0.6) is 0 Å². The third-order valence-corrected chi connectivity index (χ3v) is 3.20. The van der Waals surface area contributed by atoms with E-state index in [-0.39, 0.29) is 12.1 Å². The average molecular weight is 257 g/mol. The highest BCUT2D eigenvalue weighted by Crippen LogP contribution is 2.20. The highest BCUT2D eigenvalue weighted by atomic mass is 35.5. The molecule has 0 aliphatic rings. The molecule has 4 heteroatoms. The van der Waals surface area contributed by atoms with Crippen LogP contribution in [0.25, 0.3) is 0 Å². The Morgan fingerprint density at radius 1 is 1.35 bits per heavy atom. The lowest BCUT2D eigenvalue weighted by Crippen LogP contribution is -2.36. The molecule has 17 heavy (non-hydrogen) atoms. The molecule has 0 aliphatic heterocycles. The van der Waals surface area contributed by atoms with Crippen molar-refractivity contribution in [3.63, 3.8) is 0 Å². The van der Waals surface area contributed by atoms with Crippen molar-refractivity contribution in [3.8, 4) is 0 Å². The minimum absolute atomic E-state index is 0.263. The summed E-state index contributed by atoms with van der Waals surface area (Å²) in [6, 6.07) is 8.09. The number of likely N-dealkylation sites (N-methyl/N-ethyl adjacent to an activating group) is 2. The second kappa shape index (κ2) is 6.97. The molecule has 0 spiro atoms. The van der Waals surface area contributed by atoms with E-state index in [1.807, 2.05) is 38.4 Å². The Kier molecular flexibility index (Phi) is 5.92. The SMILES string of the molecule is CNCC(O)CN(C)C(C)c1ccc(Cl)cc1. The lowest BCUT2D eigenvalue weighted by molar-refractivity contribution is 0.108. The molecule has 0 saturated carbocycles. The van der Waals surface area contributed by atoms with Crippen LogP contribution in [0.2, 0.25) is 5.02 Å². The quantitative estimate of drug-likeness (QED) is 0.816. The summed E-state index contributed by atoms with van der Waals surface area (Å²) in [5, 5.41) is 13.4. The largest absolute Gasteiger partial charge is 0.390 e. The second-order valence-corrected chi connectivity index (χ2v) is 4.82. The first-order valence-corrected chi connectivity index (χ1v) is 6.20. The maximum atomic E-state index is 9.73. The van der Waals surface area contributed by atoms with E-state index in [9.17, 15) is 5.11 Å². The Morgan fingerprint density at radius 2 is 1.94 bits per heavy atom. The van der Waals surface area contributed by atoms with Crippen molar-refractivity contribution in [2.45, 2.75) is 19.1 Å². The average Bonchev–Trinajstić information content (AvgIpc) is 2.29. The van der Waals surface area contributed by atoms with Crippen LogP contribution >= 0.6 is 11.6 Å². The summed E-state index contributed by atoms with van der Waals surface area (Å²) in [6.07, 6.45) is -0.347. The number of rotatable bonds is 6. The van der Waals surface area contributed by atoms with E-state index >= 15 is 0 Å². The standard InChI is InChI=1S/C13H21ClN2O/c1-10(11-4-6-12(14)7-5-11)16(3)9-13(17)8-15-2/h4-7,10,13,15,17H,8-9H2,1-3H3. The number of hydrogen-bond donors (Lipinski definition) is 2. The van der Waals surface area contributed by atoms with E-state index in [1.54, 1.807) is 0 Å². The van der Waals surface area contributed by atoms with Crippen molar-refractivity contribution in [3.05, 3.63) is 34.9 Å². The van der Waals surface area contributed by atoms with Gasteiger partial charge in [0, 0.05) is 24.2 Å². The number of benzene rings is 1. The van der Waals surface area contributed by atoms with Crippen LogP contribution in [0, 0.1) is 0 Å². The maximum absolute atomic E-state index is 9.73. The number of aliphatic hydroxyl groups is 1. The van der Waals surface area contributed by atoms with Gasteiger partial charge in [-0.2, -0.15) is 0 Å². The predicted molar refractivity (Wildman–Crippen MR) is 72.4 cm³/mol. The molecule has 1 aromatic carbocycles. The molecular formula is C13H21ClN2O. The fourth-order valence-corrected chi connectivity index (χ4v) is 1.91. The minimum Gasteiger partial charge on any atom is -0.390 e. The first kappa shape index (κ1) is 14.5. The van der Waals surface area contributed by atoms with Crippen LogP contribution in [0.4, 0.5) is 0 Å². The monoisotopic (exact) mass is 256 g/mol. The van der Waals surface area contributed by atoms with Gasteiger partial charge in [0.25, 0.3) is 0 Å². The minimum atomic E-state index is -0.347. The molecule has 0 amide bonds. The van der Waals surface area contributed by atoms with E-state index in [4.69, 9.17) is 11.6 Å². The second-order valence-electron chi connectivity index (χ2n) is 4.38. The van der Waals surface area contributed by atoms with Gasteiger partial charge in [-0.3, -0.25) is 4.90 Å². The van der Waals surface area contributed by atoms with Crippen LogP contribution < -0.4 is 5.32 Å². The van der Waals surface area contributed by atoms with E-state index in [1.165, 1.54) is 5.56 Å². The van der Waals surface area contributed by atoms with Crippen LogP contribution in [0.15, 0.2) is 24.3 Å². The number of nitrogens with zero attached hydrogens (tertiary/aromatic N) is 1. The van der Waals surface area contributed by atoms with Gasteiger partial charge in [0.2, 0.25) is 0 Å². The molecular weight excluding hydrogens is 236 g/mol. The molecule has 2 atom stereocenters. The molecule has 0 aromatic heterocycles. The topological polar surface area (TPSA) is 35.5 Å². The summed E-state index contributed by atoms with van der Waals surface area (Å²) in [7, 11) is 3.85. The van der Waals surface area contributed by atoms with Gasteiger partial charge in [-0.05, 0) is 38.7 Å². The zero-order valence-corrected chi connectivity index (χ0v) is 11.4. The molecule has 0 fully saturated rings. The van der Waals surface area contributed by atoms with Gasteiger partial charge in [-0.1, -0.05) is 23.7 Å². The highest BCUT2D eigenvalue weighted by molar-refractivity contribution is 6.30. The van der Waals surface area contributed by atoms with Crippen molar-refractivity contribution in [2.24, 2.45) is 0 Å². The van der Waals surface area contributed by atoms with E-state index in [0.717, 1.165) is 5.02 Å². The van der Waals surface area contributed by atoms with Crippen LogP contribution in [-0.4, -0.2) is 43.3 Å². The van der Waals surface area contributed by atoms with E-state index in [0.29, 0.717) is 13.1 Å². The molecule has 0 aliphatic carbocycles. The van der Waals surface area contributed by atoms with Crippen molar-refractivity contribution >= 4 is 11.6 Å². The summed E-state index contributed by atoms with van der Waals surface area (Å²) < 4.78 is 0. The summed E-state index contributed by atoms with van der Waals surface area (Å²) in [5.41, 5.74) is 1.20. The highest BCUT2D eigenvalue weighted by Gasteiger charge is 2.14. The number of halogens is 1. The predicted octanol–water partition coefficient (Wildman–Crippen LogP) is 1.91. The van der Waals surface area contributed by atoms with Gasteiger partial charge < -0.3 is 10.4 Å². The maximum Gasteiger partial charge on any atom is 0.0791 e. The van der Waals surface area contributed by atoms with Gasteiger partial charge in [0.1, 0.15) is 0 Å². The Hall–Kier alpha value is -0.610. The van der Waals surface area contributed by atoms with Gasteiger partial charge in [-0.15, -0.1) is 0 Å². The number of aliphatic hydroxyl groups excluding tert-OH is 1.